The Labute approximate surface area is 197 Å². The lowest BCUT2D eigenvalue weighted by molar-refractivity contribution is -0.757. The van der Waals surface area contributed by atoms with E-state index in [1.54, 1.807) is 56.9 Å². The molecule has 1 aliphatic rings. The fraction of sp³-hybridized carbons (Fsp3) is 0.435. The summed E-state index contributed by atoms with van der Waals surface area (Å²) in [7, 11) is 0. The van der Waals surface area contributed by atoms with Crippen LogP contribution in [0.5, 0.6) is 5.75 Å². The second kappa shape index (κ2) is 12.4. The van der Waals surface area contributed by atoms with Crippen molar-refractivity contribution in [2.45, 2.75) is 47.0 Å². The Morgan fingerprint density at radius 3 is 1.97 bits per heavy atom. The zero-order chi connectivity index (χ0) is 25.3. The van der Waals surface area contributed by atoms with E-state index in [-0.39, 0.29) is 44.8 Å². The molecule has 0 radical (unpaired) electrons. The molecule has 2 rings (SSSR count). The molecular weight excluding hydrogens is 448 g/mol. The van der Waals surface area contributed by atoms with E-state index < -0.39 is 23.0 Å². The molecule has 0 saturated carbocycles. The van der Waals surface area contributed by atoms with Gasteiger partial charge in [-0.1, -0.05) is 0 Å². The van der Waals surface area contributed by atoms with Gasteiger partial charge in [0.25, 0.3) is 5.09 Å². The van der Waals surface area contributed by atoms with Crippen molar-refractivity contribution >= 4 is 23.6 Å². The van der Waals surface area contributed by atoms with E-state index in [1.807, 2.05) is 0 Å². The predicted octanol–water partition coefficient (Wildman–Crippen LogP) is 3.46. The van der Waals surface area contributed by atoms with Crippen LogP contribution in [0.1, 0.15) is 47.0 Å². The van der Waals surface area contributed by atoms with Crippen molar-refractivity contribution in [1.82, 2.24) is 0 Å². The molecule has 11 heteroatoms. The maximum Gasteiger partial charge on any atom is 0.336 e. The zero-order valence-electron chi connectivity index (χ0n) is 19.6. The standard InChI is InChI=1S/C23H28N2O9/c1-5-31-22(27)19-14-20(23(28)32-6-2)16(4)24(15(19)3)17-9-11-18(12-10-17)34-21(26)8-7-13-33-25(29)30/h9-12H,5-8,13-14H2,1-4H3. The molecule has 11 nitrogen and oxygen atoms in total. The second-order valence-electron chi connectivity index (χ2n) is 7.21. The van der Waals surface area contributed by atoms with Gasteiger partial charge in [-0.15, -0.1) is 10.1 Å². The molecule has 0 unspecified atom stereocenters. The first-order valence-corrected chi connectivity index (χ1v) is 10.8. The number of ether oxygens (including phenoxy) is 3. The van der Waals surface area contributed by atoms with Gasteiger partial charge in [0.2, 0.25) is 0 Å². The van der Waals surface area contributed by atoms with Crippen molar-refractivity contribution < 1.29 is 38.5 Å². The van der Waals surface area contributed by atoms with Gasteiger partial charge in [0.1, 0.15) is 5.75 Å². The molecule has 1 aliphatic heterocycles. The Hall–Kier alpha value is -3.89. The van der Waals surface area contributed by atoms with Crippen LogP contribution in [0.3, 0.4) is 0 Å². The Kier molecular flexibility index (Phi) is 9.60. The molecule has 0 atom stereocenters. The van der Waals surface area contributed by atoms with E-state index in [2.05, 4.69) is 4.84 Å². The lowest BCUT2D eigenvalue weighted by Crippen LogP contribution is -2.31. The molecule has 0 amide bonds. The van der Waals surface area contributed by atoms with E-state index in [4.69, 9.17) is 14.2 Å². The van der Waals surface area contributed by atoms with Crippen LogP contribution >= 0.6 is 0 Å². The summed E-state index contributed by atoms with van der Waals surface area (Å²) in [5, 5.41) is 9.21. The van der Waals surface area contributed by atoms with Crippen LogP contribution in [0, 0.1) is 10.1 Å². The monoisotopic (exact) mass is 476 g/mol. The minimum Gasteiger partial charge on any atom is -0.463 e. The summed E-state index contributed by atoms with van der Waals surface area (Å²) < 4.78 is 15.6. The maximum absolute atomic E-state index is 12.6. The average molecular weight is 476 g/mol. The third kappa shape index (κ3) is 6.80. The number of hydrogen-bond donors (Lipinski definition) is 0. The number of esters is 3. The average Bonchev–Trinajstić information content (AvgIpc) is 2.78. The molecule has 0 bridgehead atoms. The van der Waals surface area contributed by atoms with Crippen molar-refractivity contribution in [3.05, 3.63) is 56.9 Å². The minimum atomic E-state index is -0.918. The van der Waals surface area contributed by atoms with Gasteiger partial charge in [-0.2, -0.15) is 0 Å². The van der Waals surface area contributed by atoms with Crippen molar-refractivity contribution in [3.8, 4) is 5.75 Å². The number of allylic oxidation sites excluding steroid dienone is 2. The first-order chi connectivity index (χ1) is 16.2. The van der Waals surface area contributed by atoms with Crippen LogP contribution in [0.2, 0.25) is 0 Å². The highest BCUT2D eigenvalue weighted by Gasteiger charge is 2.32. The van der Waals surface area contributed by atoms with Crippen LogP contribution in [-0.2, 0) is 28.7 Å². The smallest absolute Gasteiger partial charge is 0.336 e. The topological polar surface area (TPSA) is 135 Å². The number of carbonyl (C=O) groups excluding carboxylic acids is 3. The Balaban J connectivity index is 2.24. The molecule has 0 spiro atoms. The zero-order valence-corrected chi connectivity index (χ0v) is 19.6. The summed E-state index contributed by atoms with van der Waals surface area (Å²) >= 11 is 0. The van der Waals surface area contributed by atoms with Crippen molar-refractivity contribution in [2.24, 2.45) is 0 Å². The SMILES string of the molecule is CCOC(=O)C1=C(C)N(c2ccc(OC(=O)CCCO[N+](=O)[O-])cc2)C(C)=C(C(=O)OCC)C1. The number of benzene rings is 1. The second-order valence-corrected chi connectivity index (χ2v) is 7.21. The first-order valence-electron chi connectivity index (χ1n) is 10.8. The number of nitrogens with zero attached hydrogens (tertiary/aromatic N) is 2. The molecule has 0 N–H and O–H groups in total. The van der Waals surface area contributed by atoms with Crippen LogP contribution in [-0.4, -0.2) is 42.8 Å². The van der Waals surface area contributed by atoms with E-state index in [9.17, 15) is 24.5 Å². The summed E-state index contributed by atoms with van der Waals surface area (Å²) in [4.78, 5) is 53.1. The van der Waals surface area contributed by atoms with Gasteiger partial charge in [-0.3, -0.25) is 4.79 Å². The summed E-state index contributed by atoms with van der Waals surface area (Å²) in [6.45, 7) is 7.14. The summed E-state index contributed by atoms with van der Waals surface area (Å²) in [6.07, 6.45) is 0.200. The highest BCUT2D eigenvalue weighted by atomic mass is 16.9. The van der Waals surface area contributed by atoms with E-state index in [0.717, 1.165) is 0 Å². The Morgan fingerprint density at radius 2 is 1.50 bits per heavy atom. The molecule has 34 heavy (non-hydrogen) atoms. The largest absolute Gasteiger partial charge is 0.463 e. The lowest BCUT2D eigenvalue weighted by Gasteiger charge is -2.33. The maximum atomic E-state index is 12.6. The molecule has 0 aromatic heterocycles. The van der Waals surface area contributed by atoms with Gasteiger partial charge in [-0.05, 0) is 58.4 Å². The van der Waals surface area contributed by atoms with Crippen molar-refractivity contribution in [1.29, 1.82) is 0 Å². The molecular formula is C23H28N2O9. The number of rotatable bonds is 11. The third-order valence-corrected chi connectivity index (χ3v) is 4.99. The lowest BCUT2D eigenvalue weighted by atomic mass is 9.96. The number of anilines is 1. The van der Waals surface area contributed by atoms with Crippen LogP contribution in [0.15, 0.2) is 46.8 Å². The van der Waals surface area contributed by atoms with Crippen LogP contribution < -0.4 is 9.64 Å². The van der Waals surface area contributed by atoms with Gasteiger partial charge in [-0.25, -0.2) is 9.59 Å². The molecule has 0 saturated heterocycles. The Bertz CT molecular complexity index is 956. The summed E-state index contributed by atoms with van der Waals surface area (Å²) in [5.41, 5.74) is 2.56. The number of carbonyl (C=O) groups is 3. The quantitative estimate of drug-likeness (QED) is 0.154. The molecule has 0 aliphatic carbocycles. The Morgan fingerprint density at radius 1 is 0.971 bits per heavy atom. The van der Waals surface area contributed by atoms with Gasteiger partial charge in [0.05, 0.1) is 31.0 Å². The van der Waals surface area contributed by atoms with Gasteiger partial charge in [0.15, 0.2) is 0 Å². The van der Waals surface area contributed by atoms with Crippen LogP contribution in [0.4, 0.5) is 5.69 Å². The summed E-state index contributed by atoms with van der Waals surface area (Å²) in [5.74, 6) is -1.30. The van der Waals surface area contributed by atoms with E-state index in [1.165, 1.54) is 0 Å². The van der Waals surface area contributed by atoms with Crippen LogP contribution in [0.25, 0.3) is 0 Å². The predicted molar refractivity (Wildman–Crippen MR) is 120 cm³/mol. The van der Waals surface area contributed by atoms with E-state index >= 15 is 0 Å². The van der Waals surface area contributed by atoms with Crippen molar-refractivity contribution in [2.75, 3.05) is 24.7 Å². The van der Waals surface area contributed by atoms with Gasteiger partial charge >= 0.3 is 17.9 Å². The van der Waals surface area contributed by atoms with Crippen molar-refractivity contribution in [3.63, 3.8) is 0 Å². The van der Waals surface area contributed by atoms with Gasteiger partial charge < -0.3 is 23.9 Å². The number of hydrogen-bond acceptors (Lipinski definition) is 10. The normalized spacial score (nSPS) is 13.5. The van der Waals surface area contributed by atoms with E-state index in [0.29, 0.717) is 28.2 Å². The molecule has 184 valence electrons. The molecule has 0 fully saturated rings. The fourth-order valence-electron chi connectivity index (χ4n) is 3.42. The molecule has 1 heterocycles. The van der Waals surface area contributed by atoms with Gasteiger partial charge in [0, 0.05) is 29.9 Å². The molecule has 1 aromatic rings. The highest BCUT2D eigenvalue weighted by Crippen LogP contribution is 2.36. The first kappa shape index (κ1) is 26.4. The highest BCUT2D eigenvalue weighted by molar-refractivity contribution is 5.98. The third-order valence-electron chi connectivity index (χ3n) is 4.99. The fourth-order valence-corrected chi connectivity index (χ4v) is 3.42. The molecule has 1 aromatic carbocycles. The summed E-state index contributed by atoms with van der Waals surface area (Å²) in [6, 6.07) is 6.51. The minimum absolute atomic E-state index is 0.0444.